The average molecular weight is 237 g/mol. The molecule has 0 aromatic rings. The van der Waals surface area contributed by atoms with Gasteiger partial charge in [-0.1, -0.05) is 0 Å². The molecule has 17 heavy (non-hydrogen) atoms. The summed E-state index contributed by atoms with van der Waals surface area (Å²) in [6, 6.07) is 2.26. The molecule has 0 saturated heterocycles. The summed E-state index contributed by atoms with van der Waals surface area (Å²) in [4.78, 5) is 12.2. The smallest absolute Gasteiger partial charge is 0.227 e. The maximum absolute atomic E-state index is 12.2. The van der Waals surface area contributed by atoms with Crippen molar-refractivity contribution in [2.75, 3.05) is 0 Å². The van der Waals surface area contributed by atoms with E-state index in [2.05, 4.69) is 11.4 Å². The molecule has 0 spiro atoms. The second-order valence-electron chi connectivity index (χ2n) is 6.09. The van der Waals surface area contributed by atoms with E-state index >= 15 is 0 Å². The van der Waals surface area contributed by atoms with Crippen LogP contribution in [0.4, 0.5) is 0 Å². The lowest BCUT2D eigenvalue weighted by Crippen LogP contribution is -2.57. The molecule has 4 nitrogen and oxygen atoms in total. The van der Waals surface area contributed by atoms with Crippen LogP contribution in [-0.4, -0.2) is 17.5 Å². The second kappa shape index (κ2) is 4.66. The first-order valence-electron chi connectivity index (χ1n) is 6.19. The molecular weight excluding hydrogens is 214 g/mol. The van der Waals surface area contributed by atoms with Crippen LogP contribution in [0.3, 0.4) is 0 Å². The predicted molar refractivity (Wildman–Crippen MR) is 66.9 cm³/mol. The highest BCUT2D eigenvalue weighted by atomic mass is 16.2. The van der Waals surface area contributed by atoms with Gasteiger partial charge in [-0.2, -0.15) is 5.26 Å². The summed E-state index contributed by atoms with van der Waals surface area (Å²) in [6.07, 6.45) is 2.79. The summed E-state index contributed by atoms with van der Waals surface area (Å²) in [7, 11) is 0. The molecule has 0 aliphatic heterocycles. The number of nitrogens with one attached hydrogen (secondary N) is 1. The van der Waals surface area contributed by atoms with Crippen LogP contribution in [-0.2, 0) is 4.79 Å². The Kier molecular flexibility index (Phi) is 3.83. The Balaban J connectivity index is 2.70. The van der Waals surface area contributed by atoms with Gasteiger partial charge in [-0.25, -0.2) is 0 Å². The number of carbonyl (C=O) groups excluding carboxylic acids is 1. The Morgan fingerprint density at radius 3 is 2.41 bits per heavy atom. The van der Waals surface area contributed by atoms with Gasteiger partial charge in [0.25, 0.3) is 0 Å². The van der Waals surface area contributed by atoms with E-state index in [9.17, 15) is 4.79 Å². The summed E-state index contributed by atoms with van der Waals surface area (Å²) in [6.45, 7) is 7.39. The van der Waals surface area contributed by atoms with E-state index < -0.39 is 11.0 Å². The van der Waals surface area contributed by atoms with Gasteiger partial charge in [-0.05, 0) is 47.0 Å². The SMILES string of the molecule is CC(C)(N)C(C)(C)C(=O)NC1CCCC1C#N. The minimum absolute atomic E-state index is 0.00544. The first kappa shape index (κ1) is 14.0. The van der Waals surface area contributed by atoms with E-state index in [1.54, 1.807) is 0 Å². The molecule has 0 aromatic heterocycles. The van der Waals surface area contributed by atoms with Gasteiger partial charge < -0.3 is 11.1 Å². The van der Waals surface area contributed by atoms with Gasteiger partial charge in [0.05, 0.1) is 17.4 Å². The third-order valence-electron chi connectivity index (χ3n) is 4.18. The quantitative estimate of drug-likeness (QED) is 0.781. The molecule has 0 radical (unpaired) electrons. The zero-order valence-electron chi connectivity index (χ0n) is 11.2. The van der Waals surface area contributed by atoms with E-state index in [1.165, 1.54) is 0 Å². The van der Waals surface area contributed by atoms with Gasteiger partial charge in [0.2, 0.25) is 5.91 Å². The largest absolute Gasteiger partial charge is 0.352 e. The van der Waals surface area contributed by atoms with Crippen molar-refractivity contribution < 1.29 is 4.79 Å². The van der Waals surface area contributed by atoms with Crippen LogP contribution in [0.5, 0.6) is 0 Å². The molecule has 1 fully saturated rings. The lowest BCUT2D eigenvalue weighted by molar-refractivity contribution is -0.133. The molecule has 0 heterocycles. The Morgan fingerprint density at radius 1 is 1.35 bits per heavy atom. The third-order valence-corrected chi connectivity index (χ3v) is 4.18. The zero-order valence-corrected chi connectivity index (χ0v) is 11.2. The Labute approximate surface area is 104 Å². The van der Waals surface area contributed by atoms with Crippen LogP contribution >= 0.6 is 0 Å². The van der Waals surface area contributed by atoms with Gasteiger partial charge >= 0.3 is 0 Å². The monoisotopic (exact) mass is 237 g/mol. The van der Waals surface area contributed by atoms with Crippen molar-refractivity contribution in [2.45, 2.75) is 58.5 Å². The van der Waals surface area contributed by atoms with E-state index in [1.807, 2.05) is 27.7 Å². The van der Waals surface area contributed by atoms with Crippen LogP contribution in [0.15, 0.2) is 0 Å². The van der Waals surface area contributed by atoms with Gasteiger partial charge in [-0.3, -0.25) is 4.79 Å². The van der Waals surface area contributed by atoms with E-state index in [0.717, 1.165) is 19.3 Å². The number of nitriles is 1. The summed E-state index contributed by atoms with van der Waals surface area (Å²) in [5.74, 6) is -0.104. The number of nitrogens with zero attached hydrogens (tertiary/aromatic N) is 1. The molecular formula is C13H23N3O. The molecule has 1 rings (SSSR count). The second-order valence-corrected chi connectivity index (χ2v) is 6.09. The molecule has 2 atom stereocenters. The lowest BCUT2D eigenvalue weighted by atomic mass is 9.74. The van der Waals surface area contributed by atoms with Gasteiger partial charge in [0, 0.05) is 11.6 Å². The molecule has 0 bridgehead atoms. The van der Waals surface area contributed by atoms with Crippen LogP contribution in [0, 0.1) is 22.7 Å². The molecule has 2 unspecified atom stereocenters. The van der Waals surface area contributed by atoms with Crippen LogP contribution < -0.4 is 11.1 Å². The van der Waals surface area contributed by atoms with Crippen molar-refractivity contribution in [3.05, 3.63) is 0 Å². The first-order chi connectivity index (χ1) is 7.70. The minimum Gasteiger partial charge on any atom is -0.352 e. The van der Waals surface area contributed by atoms with Crippen LogP contribution in [0.25, 0.3) is 0 Å². The fourth-order valence-corrected chi connectivity index (χ4v) is 1.93. The zero-order chi connectivity index (χ0) is 13.3. The number of carbonyl (C=O) groups is 1. The minimum atomic E-state index is -0.643. The van der Waals surface area contributed by atoms with Crippen molar-refractivity contribution in [2.24, 2.45) is 17.1 Å². The van der Waals surface area contributed by atoms with Crippen molar-refractivity contribution in [3.63, 3.8) is 0 Å². The normalized spacial score (nSPS) is 25.4. The average Bonchev–Trinajstić information content (AvgIpc) is 2.63. The number of amides is 1. The third kappa shape index (κ3) is 2.78. The summed E-state index contributed by atoms with van der Waals surface area (Å²) in [5, 5.41) is 12.0. The Hall–Kier alpha value is -1.08. The van der Waals surface area contributed by atoms with Crippen LogP contribution in [0.1, 0.15) is 47.0 Å². The molecule has 1 aliphatic carbocycles. The lowest BCUT2D eigenvalue weighted by Gasteiger charge is -2.38. The summed E-state index contributed by atoms with van der Waals surface area (Å²) in [5.41, 5.74) is 4.80. The number of rotatable bonds is 3. The van der Waals surface area contributed by atoms with Gasteiger partial charge in [0.15, 0.2) is 0 Å². The van der Waals surface area contributed by atoms with Gasteiger partial charge in [-0.15, -0.1) is 0 Å². The molecule has 96 valence electrons. The highest BCUT2D eigenvalue weighted by Crippen LogP contribution is 2.31. The van der Waals surface area contributed by atoms with Crippen molar-refractivity contribution >= 4 is 5.91 Å². The predicted octanol–water partition coefficient (Wildman–Crippen LogP) is 1.56. The fourth-order valence-electron chi connectivity index (χ4n) is 1.93. The first-order valence-corrected chi connectivity index (χ1v) is 6.19. The maximum Gasteiger partial charge on any atom is 0.227 e. The maximum atomic E-state index is 12.2. The van der Waals surface area contributed by atoms with Gasteiger partial charge in [0.1, 0.15) is 0 Å². The van der Waals surface area contributed by atoms with Crippen molar-refractivity contribution in [3.8, 4) is 6.07 Å². The standard InChI is InChI=1S/C13H23N3O/c1-12(2,13(3,4)15)11(17)16-10-7-5-6-9(10)8-14/h9-10H,5-7,15H2,1-4H3,(H,16,17). The van der Waals surface area contributed by atoms with E-state index in [4.69, 9.17) is 11.0 Å². The molecule has 0 aromatic carbocycles. The molecule has 3 N–H and O–H groups in total. The Bertz CT molecular complexity index is 336. The summed E-state index contributed by atoms with van der Waals surface area (Å²) < 4.78 is 0. The molecule has 4 heteroatoms. The Morgan fingerprint density at radius 2 is 1.94 bits per heavy atom. The molecule has 1 saturated carbocycles. The topological polar surface area (TPSA) is 78.9 Å². The van der Waals surface area contributed by atoms with E-state index in [-0.39, 0.29) is 17.9 Å². The van der Waals surface area contributed by atoms with Crippen LogP contribution in [0.2, 0.25) is 0 Å². The fraction of sp³-hybridized carbons (Fsp3) is 0.846. The van der Waals surface area contributed by atoms with E-state index in [0.29, 0.717) is 0 Å². The highest BCUT2D eigenvalue weighted by molar-refractivity contribution is 5.83. The number of hydrogen-bond acceptors (Lipinski definition) is 3. The highest BCUT2D eigenvalue weighted by Gasteiger charge is 2.42. The molecule has 1 aliphatic rings. The number of nitrogens with two attached hydrogens (primary N) is 1. The van der Waals surface area contributed by atoms with Crippen molar-refractivity contribution in [1.82, 2.24) is 5.32 Å². The van der Waals surface area contributed by atoms with Crippen molar-refractivity contribution in [1.29, 1.82) is 5.26 Å². The summed E-state index contributed by atoms with van der Waals surface area (Å²) >= 11 is 0. The molecule has 1 amide bonds. The number of hydrogen-bond donors (Lipinski definition) is 2.